The Morgan fingerprint density at radius 3 is 2.04 bits per heavy atom. The summed E-state index contributed by atoms with van der Waals surface area (Å²) in [6.07, 6.45) is 0. The molecule has 6 heteroatoms. The first kappa shape index (κ1) is 18.6. The Morgan fingerprint density at radius 2 is 1.42 bits per heavy atom. The number of piperazine rings is 1. The van der Waals surface area contributed by atoms with E-state index in [1.807, 2.05) is 57.2 Å². The summed E-state index contributed by atoms with van der Waals surface area (Å²) in [6.45, 7) is 7.10. The van der Waals surface area contributed by atoms with Crippen LogP contribution in [0.5, 0.6) is 0 Å². The normalized spacial score (nSPS) is 15.9. The van der Waals surface area contributed by atoms with Gasteiger partial charge >= 0.3 is 0 Å². The molecule has 0 aromatic heterocycles. The lowest BCUT2D eigenvalue weighted by molar-refractivity contribution is 0.0698. The fraction of sp³-hybridized carbons (Fsp3) is 0.350. The van der Waals surface area contributed by atoms with Gasteiger partial charge in [0.2, 0.25) is 10.0 Å². The van der Waals surface area contributed by atoms with Crippen LogP contribution in [0, 0.1) is 20.8 Å². The third-order valence-corrected chi connectivity index (χ3v) is 6.83. The lowest BCUT2D eigenvalue weighted by Crippen LogP contribution is -2.50. The molecule has 1 aliphatic rings. The minimum Gasteiger partial charge on any atom is -0.336 e. The van der Waals surface area contributed by atoms with Crippen molar-refractivity contribution in [3.05, 3.63) is 64.7 Å². The lowest BCUT2D eigenvalue weighted by Gasteiger charge is -2.34. The molecule has 0 aliphatic carbocycles. The highest BCUT2D eigenvalue weighted by molar-refractivity contribution is 7.89. The van der Waals surface area contributed by atoms with Gasteiger partial charge in [-0.25, -0.2) is 8.42 Å². The topological polar surface area (TPSA) is 57.7 Å². The molecule has 0 N–H and O–H groups in total. The molecule has 0 spiro atoms. The van der Waals surface area contributed by atoms with Crippen molar-refractivity contribution in [1.82, 2.24) is 9.21 Å². The fourth-order valence-electron chi connectivity index (χ4n) is 3.13. The Morgan fingerprint density at radius 1 is 0.846 bits per heavy atom. The maximum atomic E-state index is 13.0. The van der Waals surface area contributed by atoms with Crippen LogP contribution >= 0.6 is 0 Å². The van der Waals surface area contributed by atoms with Crippen molar-refractivity contribution in [2.24, 2.45) is 0 Å². The largest absolute Gasteiger partial charge is 0.336 e. The molecule has 1 aliphatic heterocycles. The molecule has 2 aromatic carbocycles. The van der Waals surface area contributed by atoms with Crippen LogP contribution in [0.3, 0.4) is 0 Å². The van der Waals surface area contributed by atoms with E-state index in [1.165, 1.54) is 4.31 Å². The molecule has 0 radical (unpaired) electrons. The van der Waals surface area contributed by atoms with Crippen LogP contribution in [0.15, 0.2) is 47.4 Å². The average molecular weight is 372 g/mol. The van der Waals surface area contributed by atoms with Crippen molar-refractivity contribution in [3.63, 3.8) is 0 Å². The molecule has 26 heavy (non-hydrogen) atoms. The molecule has 0 saturated carbocycles. The summed E-state index contributed by atoms with van der Waals surface area (Å²) in [5.41, 5.74) is 3.41. The van der Waals surface area contributed by atoms with Gasteiger partial charge in [0.25, 0.3) is 5.91 Å². The molecule has 3 rings (SSSR count). The van der Waals surface area contributed by atoms with Gasteiger partial charge in [-0.05, 0) is 50.1 Å². The molecule has 0 unspecified atom stereocenters. The SMILES string of the molecule is Cc1ccc(C(=O)N2CCN(S(=O)(=O)c3cc(C)ccc3C)CC2)cc1. The van der Waals surface area contributed by atoms with Gasteiger partial charge in [0.1, 0.15) is 0 Å². The third-order valence-electron chi connectivity index (χ3n) is 4.79. The number of carbonyl (C=O) groups is 1. The Labute approximate surface area is 155 Å². The predicted molar refractivity (Wildman–Crippen MR) is 102 cm³/mol. The van der Waals surface area contributed by atoms with Crippen LogP contribution < -0.4 is 0 Å². The minimum atomic E-state index is -3.54. The van der Waals surface area contributed by atoms with Crippen molar-refractivity contribution in [2.75, 3.05) is 26.2 Å². The number of hydrogen-bond acceptors (Lipinski definition) is 3. The van der Waals surface area contributed by atoms with E-state index in [1.54, 1.807) is 11.0 Å². The molecule has 1 saturated heterocycles. The van der Waals surface area contributed by atoms with E-state index in [9.17, 15) is 13.2 Å². The van der Waals surface area contributed by atoms with Crippen molar-refractivity contribution < 1.29 is 13.2 Å². The first-order chi connectivity index (χ1) is 12.3. The van der Waals surface area contributed by atoms with Gasteiger partial charge in [-0.3, -0.25) is 4.79 Å². The second kappa shape index (κ2) is 7.21. The first-order valence-electron chi connectivity index (χ1n) is 8.72. The number of amides is 1. The molecule has 0 bridgehead atoms. The summed E-state index contributed by atoms with van der Waals surface area (Å²) in [5, 5.41) is 0. The first-order valence-corrected chi connectivity index (χ1v) is 10.2. The molecule has 138 valence electrons. The van der Waals surface area contributed by atoms with Crippen molar-refractivity contribution >= 4 is 15.9 Å². The second-order valence-electron chi connectivity index (χ2n) is 6.83. The van der Waals surface area contributed by atoms with E-state index in [2.05, 4.69) is 0 Å². The summed E-state index contributed by atoms with van der Waals surface area (Å²) in [7, 11) is -3.54. The molecule has 1 fully saturated rings. The summed E-state index contributed by atoms with van der Waals surface area (Å²) in [5.74, 6) is -0.0474. The van der Waals surface area contributed by atoms with Gasteiger partial charge in [-0.1, -0.05) is 29.8 Å². The third kappa shape index (κ3) is 3.66. The van der Waals surface area contributed by atoms with E-state index in [-0.39, 0.29) is 5.91 Å². The molecular weight excluding hydrogens is 348 g/mol. The van der Waals surface area contributed by atoms with Crippen LogP contribution in [0.25, 0.3) is 0 Å². The Hall–Kier alpha value is -2.18. The van der Waals surface area contributed by atoms with Gasteiger partial charge in [0, 0.05) is 31.7 Å². The Balaban J connectivity index is 1.72. The highest BCUT2D eigenvalue weighted by Crippen LogP contribution is 2.23. The number of hydrogen-bond donors (Lipinski definition) is 0. The van der Waals surface area contributed by atoms with E-state index >= 15 is 0 Å². The quantitative estimate of drug-likeness (QED) is 0.832. The Bertz CT molecular complexity index is 913. The molecule has 2 aromatic rings. The predicted octanol–water partition coefficient (Wildman–Crippen LogP) is 2.76. The maximum absolute atomic E-state index is 13.0. The van der Waals surface area contributed by atoms with Crippen molar-refractivity contribution in [1.29, 1.82) is 0 Å². The van der Waals surface area contributed by atoms with Crippen LogP contribution in [0.4, 0.5) is 0 Å². The van der Waals surface area contributed by atoms with Crippen LogP contribution in [0.1, 0.15) is 27.0 Å². The van der Waals surface area contributed by atoms with Crippen LogP contribution in [-0.2, 0) is 10.0 Å². The van der Waals surface area contributed by atoms with Gasteiger partial charge < -0.3 is 4.90 Å². The lowest BCUT2D eigenvalue weighted by atomic mass is 10.1. The number of rotatable bonds is 3. The highest BCUT2D eigenvalue weighted by Gasteiger charge is 2.31. The zero-order valence-corrected chi connectivity index (χ0v) is 16.2. The van der Waals surface area contributed by atoms with Gasteiger partial charge in [0.15, 0.2) is 0 Å². The zero-order valence-electron chi connectivity index (χ0n) is 15.4. The molecule has 1 amide bonds. The van der Waals surface area contributed by atoms with Crippen molar-refractivity contribution in [3.8, 4) is 0 Å². The standard InChI is InChI=1S/C20H24N2O3S/c1-15-5-8-18(9-6-15)20(23)21-10-12-22(13-11-21)26(24,25)19-14-16(2)4-7-17(19)3/h4-9,14H,10-13H2,1-3H3. The highest BCUT2D eigenvalue weighted by atomic mass is 32.2. The summed E-state index contributed by atoms with van der Waals surface area (Å²) in [6, 6.07) is 12.9. The number of benzene rings is 2. The van der Waals surface area contributed by atoms with Crippen molar-refractivity contribution in [2.45, 2.75) is 25.7 Å². The zero-order chi connectivity index (χ0) is 18.9. The van der Waals surface area contributed by atoms with Gasteiger partial charge in [0.05, 0.1) is 4.90 Å². The molecule has 0 atom stereocenters. The average Bonchev–Trinajstić information content (AvgIpc) is 2.64. The smallest absolute Gasteiger partial charge is 0.253 e. The van der Waals surface area contributed by atoms with Gasteiger partial charge in [-0.2, -0.15) is 4.31 Å². The van der Waals surface area contributed by atoms with E-state index in [0.29, 0.717) is 36.6 Å². The van der Waals surface area contributed by atoms with E-state index < -0.39 is 10.0 Å². The monoisotopic (exact) mass is 372 g/mol. The summed E-state index contributed by atoms with van der Waals surface area (Å²) < 4.78 is 27.4. The molecular formula is C20H24N2O3S. The Kier molecular flexibility index (Phi) is 5.16. The maximum Gasteiger partial charge on any atom is 0.253 e. The minimum absolute atomic E-state index is 0.0474. The number of carbonyl (C=O) groups excluding carboxylic acids is 1. The summed E-state index contributed by atoms with van der Waals surface area (Å²) in [4.78, 5) is 14.7. The number of aryl methyl sites for hydroxylation is 3. The molecule has 5 nitrogen and oxygen atoms in total. The number of nitrogens with zero attached hydrogens (tertiary/aromatic N) is 2. The van der Waals surface area contributed by atoms with E-state index in [4.69, 9.17) is 0 Å². The molecule has 1 heterocycles. The second-order valence-corrected chi connectivity index (χ2v) is 8.74. The summed E-state index contributed by atoms with van der Waals surface area (Å²) >= 11 is 0. The van der Waals surface area contributed by atoms with Crippen LogP contribution in [0.2, 0.25) is 0 Å². The van der Waals surface area contributed by atoms with Gasteiger partial charge in [-0.15, -0.1) is 0 Å². The van der Waals surface area contributed by atoms with Crippen LogP contribution in [-0.4, -0.2) is 49.7 Å². The van der Waals surface area contributed by atoms with E-state index in [0.717, 1.165) is 16.7 Å². The fourth-order valence-corrected chi connectivity index (χ4v) is 4.87. The number of sulfonamides is 1.